The Kier molecular flexibility index (Phi) is 5.69. The number of benzene rings is 2. The van der Waals surface area contributed by atoms with E-state index in [1.54, 1.807) is 0 Å². The summed E-state index contributed by atoms with van der Waals surface area (Å²) in [6, 6.07) is 8.94. The number of hydrogen-bond acceptors (Lipinski definition) is 3. The van der Waals surface area contributed by atoms with Crippen LogP contribution in [-0.4, -0.2) is 32.0 Å². The van der Waals surface area contributed by atoms with Crippen LogP contribution in [-0.2, 0) is 22.4 Å². The number of carbonyl (C=O) groups is 2. The third kappa shape index (κ3) is 4.61. The molecule has 0 spiro atoms. The molecule has 2 N–H and O–H groups in total. The van der Waals surface area contributed by atoms with Gasteiger partial charge >= 0.3 is 11.8 Å². The van der Waals surface area contributed by atoms with Gasteiger partial charge in [0.1, 0.15) is 11.6 Å². The molecule has 0 aliphatic carbocycles. The average Bonchev–Trinajstić information content (AvgIpc) is 2.64. The minimum absolute atomic E-state index is 0.240. The molecular weight excluding hydrogens is 352 g/mol. The molecule has 27 heavy (non-hydrogen) atoms. The Balaban J connectivity index is 1.51. The van der Waals surface area contributed by atoms with Crippen LogP contribution in [0.3, 0.4) is 0 Å². The lowest BCUT2D eigenvalue weighted by atomic mass is 9.98. The van der Waals surface area contributed by atoms with Gasteiger partial charge in [0, 0.05) is 31.9 Å². The number of hydrogen-bond donors (Lipinski definition) is 2. The van der Waals surface area contributed by atoms with Gasteiger partial charge in [-0.3, -0.25) is 9.59 Å². The predicted octanol–water partition coefficient (Wildman–Crippen LogP) is 2.64. The third-order valence-electron chi connectivity index (χ3n) is 4.58. The van der Waals surface area contributed by atoms with Gasteiger partial charge < -0.3 is 15.5 Å². The van der Waals surface area contributed by atoms with E-state index in [0.717, 1.165) is 37.1 Å². The van der Waals surface area contributed by atoms with Gasteiger partial charge in [-0.25, -0.2) is 8.78 Å². The molecule has 0 saturated carbocycles. The van der Waals surface area contributed by atoms with Crippen molar-refractivity contribution >= 4 is 23.2 Å². The first-order valence-electron chi connectivity index (χ1n) is 8.81. The minimum Gasteiger partial charge on any atom is -0.374 e. The molecule has 2 aromatic rings. The summed E-state index contributed by atoms with van der Waals surface area (Å²) in [7, 11) is 2.07. The third-order valence-corrected chi connectivity index (χ3v) is 4.58. The second-order valence-corrected chi connectivity index (χ2v) is 6.57. The Hall–Kier alpha value is -2.96. The van der Waals surface area contributed by atoms with Crippen LogP contribution in [0.5, 0.6) is 0 Å². The van der Waals surface area contributed by atoms with Crippen LogP contribution in [0, 0.1) is 11.6 Å². The molecule has 0 unspecified atom stereocenters. The molecule has 142 valence electrons. The molecule has 1 aliphatic rings. The summed E-state index contributed by atoms with van der Waals surface area (Å²) in [5, 5.41) is 4.65. The Morgan fingerprint density at radius 3 is 2.70 bits per heavy atom. The molecule has 1 aliphatic heterocycles. The minimum atomic E-state index is -0.993. The van der Waals surface area contributed by atoms with Crippen LogP contribution in [0.25, 0.3) is 0 Å². The number of fused-ring (bicyclic) bond motifs is 1. The fraction of sp³-hybridized carbons (Fsp3) is 0.300. The smallest absolute Gasteiger partial charge is 0.313 e. The van der Waals surface area contributed by atoms with Crippen molar-refractivity contribution in [1.82, 2.24) is 5.32 Å². The Morgan fingerprint density at radius 2 is 1.93 bits per heavy atom. The van der Waals surface area contributed by atoms with Crippen LogP contribution in [0.1, 0.15) is 17.5 Å². The first-order chi connectivity index (χ1) is 12.9. The van der Waals surface area contributed by atoms with Crippen molar-refractivity contribution in [3.05, 3.63) is 59.2 Å². The van der Waals surface area contributed by atoms with Gasteiger partial charge in [-0.15, -0.1) is 0 Å². The summed E-state index contributed by atoms with van der Waals surface area (Å²) in [6.07, 6.45) is 2.73. The fourth-order valence-electron chi connectivity index (χ4n) is 3.16. The zero-order valence-electron chi connectivity index (χ0n) is 15.0. The monoisotopic (exact) mass is 373 g/mol. The number of aryl methyl sites for hydroxylation is 1. The van der Waals surface area contributed by atoms with E-state index in [9.17, 15) is 18.4 Å². The summed E-state index contributed by atoms with van der Waals surface area (Å²) in [4.78, 5) is 25.9. The van der Waals surface area contributed by atoms with E-state index in [4.69, 9.17) is 0 Å². The van der Waals surface area contributed by atoms with Gasteiger partial charge in [0.15, 0.2) is 0 Å². The lowest BCUT2D eigenvalue weighted by Gasteiger charge is -2.27. The standard InChI is InChI=1S/C20H21F2N3O2/c1-25-10-2-3-14-11-13(4-7-18(14)25)8-9-23-19(26)20(27)24-17-6-5-15(21)12-16(17)22/h4-7,11-12H,2-3,8-10H2,1H3,(H,23,26)(H,24,27). The Labute approximate surface area is 156 Å². The van der Waals surface area contributed by atoms with Crippen LogP contribution < -0.4 is 15.5 Å². The highest BCUT2D eigenvalue weighted by molar-refractivity contribution is 6.39. The zero-order chi connectivity index (χ0) is 19.4. The molecule has 0 atom stereocenters. The largest absolute Gasteiger partial charge is 0.374 e. The lowest BCUT2D eigenvalue weighted by molar-refractivity contribution is -0.136. The van der Waals surface area contributed by atoms with Crippen molar-refractivity contribution < 1.29 is 18.4 Å². The topological polar surface area (TPSA) is 61.4 Å². The maximum Gasteiger partial charge on any atom is 0.313 e. The quantitative estimate of drug-likeness (QED) is 0.810. The van der Waals surface area contributed by atoms with Crippen LogP contribution in [0.2, 0.25) is 0 Å². The number of halogens is 2. The number of anilines is 2. The van der Waals surface area contributed by atoms with Gasteiger partial charge in [0.25, 0.3) is 0 Å². The van der Waals surface area contributed by atoms with Gasteiger partial charge in [0.05, 0.1) is 5.69 Å². The highest BCUT2D eigenvalue weighted by Crippen LogP contribution is 2.26. The molecule has 0 aromatic heterocycles. The molecule has 5 nitrogen and oxygen atoms in total. The maximum atomic E-state index is 13.5. The Morgan fingerprint density at radius 1 is 1.11 bits per heavy atom. The predicted molar refractivity (Wildman–Crippen MR) is 99.7 cm³/mol. The van der Waals surface area contributed by atoms with Crippen molar-refractivity contribution in [3.63, 3.8) is 0 Å². The Bertz CT molecular complexity index is 870. The summed E-state index contributed by atoms with van der Waals surface area (Å²) >= 11 is 0. The second-order valence-electron chi connectivity index (χ2n) is 6.57. The summed E-state index contributed by atoms with van der Waals surface area (Å²) in [6.45, 7) is 1.33. The first-order valence-corrected chi connectivity index (χ1v) is 8.81. The van der Waals surface area contributed by atoms with E-state index in [2.05, 4.69) is 34.7 Å². The molecule has 0 fully saturated rings. The van der Waals surface area contributed by atoms with E-state index in [-0.39, 0.29) is 12.2 Å². The van der Waals surface area contributed by atoms with Gasteiger partial charge in [0.2, 0.25) is 0 Å². The van der Waals surface area contributed by atoms with Crippen molar-refractivity contribution in [1.29, 1.82) is 0 Å². The van der Waals surface area contributed by atoms with E-state index in [1.165, 1.54) is 11.3 Å². The molecule has 2 amide bonds. The van der Waals surface area contributed by atoms with Crippen LogP contribution in [0.4, 0.5) is 20.2 Å². The normalized spacial score (nSPS) is 13.1. The maximum absolute atomic E-state index is 13.5. The molecule has 7 heteroatoms. The molecule has 1 heterocycles. The number of nitrogens with zero attached hydrogens (tertiary/aromatic N) is 1. The molecule has 3 rings (SSSR count). The van der Waals surface area contributed by atoms with Crippen LogP contribution in [0.15, 0.2) is 36.4 Å². The highest BCUT2D eigenvalue weighted by atomic mass is 19.1. The molecule has 2 aromatic carbocycles. The number of nitrogens with one attached hydrogen (secondary N) is 2. The highest BCUT2D eigenvalue weighted by Gasteiger charge is 2.16. The van der Waals surface area contributed by atoms with Crippen LogP contribution >= 0.6 is 0 Å². The van der Waals surface area contributed by atoms with Crippen molar-refractivity contribution in [3.8, 4) is 0 Å². The van der Waals surface area contributed by atoms with E-state index in [1.807, 2.05) is 6.07 Å². The fourth-order valence-corrected chi connectivity index (χ4v) is 3.16. The molecule has 0 radical (unpaired) electrons. The van der Waals surface area contributed by atoms with Crippen molar-refractivity contribution in [2.75, 3.05) is 30.4 Å². The SMILES string of the molecule is CN1CCCc2cc(CCNC(=O)C(=O)Nc3ccc(F)cc3F)ccc21. The van der Waals surface area contributed by atoms with E-state index >= 15 is 0 Å². The molecular formula is C20H21F2N3O2. The second kappa shape index (κ2) is 8.16. The number of amides is 2. The van der Waals surface area contributed by atoms with Gasteiger partial charge in [-0.05, 0) is 48.6 Å². The lowest BCUT2D eigenvalue weighted by Crippen LogP contribution is -2.36. The molecule has 0 saturated heterocycles. The van der Waals surface area contributed by atoms with E-state index < -0.39 is 23.4 Å². The van der Waals surface area contributed by atoms with E-state index in [0.29, 0.717) is 12.5 Å². The molecule has 0 bridgehead atoms. The summed E-state index contributed by atoms with van der Waals surface area (Å²) < 4.78 is 26.4. The summed E-state index contributed by atoms with van der Waals surface area (Å²) in [5.41, 5.74) is 3.36. The zero-order valence-corrected chi connectivity index (χ0v) is 15.0. The van der Waals surface area contributed by atoms with Crippen molar-refractivity contribution in [2.24, 2.45) is 0 Å². The summed E-state index contributed by atoms with van der Waals surface area (Å²) in [5.74, 6) is -3.55. The average molecular weight is 373 g/mol. The van der Waals surface area contributed by atoms with Gasteiger partial charge in [-0.2, -0.15) is 0 Å². The van der Waals surface area contributed by atoms with Crippen molar-refractivity contribution in [2.45, 2.75) is 19.3 Å². The van der Waals surface area contributed by atoms with Gasteiger partial charge in [-0.1, -0.05) is 12.1 Å². The number of rotatable bonds is 4. The number of carbonyl (C=O) groups excluding carboxylic acids is 2. The first kappa shape index (κ1) is 18.8.